The molecule has 1 aliphatic rings. The molecule has 0 spiro atoms. The van der Waals surface area contributed by atoms with Crippen LogP contribution in [-0.2, 0) is 16.6 Å². The van der Waals surface area contributed by atoms with Crippen LogP contribution < -0.4 is 9.16 Å². The number of carboxylic acid groups (broad SMARTS) is 1. The molecular formula is C31H36O4Si. The monoisotopic (exact) mass is 500 g/mol. The summed E-state index contributed by atoms with van der Waals surface area (Å²) in [7, 11) is 0.172. The zero-order valence-electron chi connectivity index (χ0n) is 22.3. The zero-order chi connectivity index (χ0) is 26.2. The van der Waals surface area contributed by atoms with Crippen LogP contribution in [0.1, 0.15) is 67.0 Å². The van der Waals surface area contributed by atoms with E-state index in [2.05, 4.69) is 71.1 Å². The Kier molecular flexibility index (Phi) is 7.14. The minimum Gasteiger partial charge on any atom is -0.547 e. The molecule has 0 fully saturated rings. The van der Waals surface area contributed by atoms with E-state index in [4.69, 9.17) is 9.16 Å². The van der Waals surface area contributed by atoms with Gasteiger partial charge in [0, 0.05) is 17.1 Å². The fraction of sp³-hybridized carbons (Fsp3) is 0.323. The highest BCUT2D eigenvalue weighted by Gasteiger charge is 2.39. The van der Waals surface area contributed by atoms with Crippen molar-refractivity contribution in [2.75, 3.05) is 7.11 Å². The summed E-state index contributed by atoms with van der Waals surface area (Å²) in [4.78, 5) is 13.0. The Labute approximate surface area is 216 Å². The number of fused-ring (bicyclic) bond motifs is 1. The number of aliphatic carboxylic acids is 1. The summed E-state index contributed by atoms with van der Waals surface area (Å²) in [5.74, 6) is 0.244. The number of ether oxygens (including phenoxy) is 1. The third-order valence-corrected chi connectivity index (χ3v) is 7.57. The van der Waals surface area contributed by atoms with Crippen molar-refractivity contribution in [2.45, 2.75) is 58.5 Å². The van der Waals surface area contributed by atoms with Crippen molar-refractivity contribution in [3.8, 4) is 11.5 Å². The molecule has 1 aliphatic carbocycles. The smallest absolute Gasteiger partial charge is 0.333 e. The first-order valence-corrected chi connectivity index (χ1v) is 15.4. The van der Waals surface area contributed by atoms with Gasteiger partial charge in [-0.2, -0.15) is 0 Å². The molecule has 0 saturated carbocycles. The second kappa shape index (κ2) is 9.98. The van der Waals surface area contributed by atoms with Crippen LogP contribution in [0.5, 0.6) is 11.5 Å². The van der Waals surface area contributed by atoms with Gasteiger partial charge in [0.25, 0.3) is 0 Å². The Morgan fingerprint density at radius 1 is 1.03 bits per heavy atom. The molecule has 0 radical (unpaired) electrons. The van der Waals surface area contributed by atoms with E-state index in [1.807, 2.05) is 30.3 Å². The first-order valence-electron chi connectivity index (χ1n) is 12.6. The third kappa shape index (κ3) is 4.72. The first kappa shape index (κ1) is 25.8. The third-order valence-electron chi connectivity index (χ3n) is 6.84. The second-order valence-corrected chi connectivity index (χ2v) is 13.0. The van der Waals surface area contributed by atoms with Crippen molar-refractivity contribution in [3.63, 3.8) is 0 Å². The molecule has 0 saturated heterocycles. The van der Waals surface area contributed by atoms with Gasteiger partial charge in [0.05, 0.1) is 12.7 Å². The number of methoxy groups -OCH3 is 1. The maximum atomic E-state index is 13.0. The Bertz CT molecular complexity index is 1310. The lowest BCUT2D eigenvalue weighted by Crippen LogP contribution is -2.16. The Hall–Kier alpha value is -3.31. The van der Waals surface area contributed by atoms with Crippen molar-refractivity contribution in [3.05, 3.63) is 99.6 Å². The highest BCUT2D eigenvalue weighted by molar-refractivity contribution is 6.49. The Balaban J connectivity index is 2.06. The van der Waals surface area contributed by atoms with Gasteiger partial charge < -0.3 is 14.3 Å². The summed E-state index contributed by atoms with van der Waals surface area (Å²) in [6.45, 7) is 12.9. The maximum absolute atomic E-state index is 13.0. The Morgan fingerprint density at radius 2 is 1.72 bits per heavy atom. The number of carbonyl (C=O) groups is 1. The topological polar surface area (TPSA) is 55.8 Å². The highest BCUT2D eigenvalue weighted by atomic mass is 28.3. The molecule has 36 heavy (non-hydrogen) atoms. The van der Waals surface area contributed by atoms with Gasteiger partial charge >= 0.3 is 5.97 Å². The van der Waals surface area contributed by atoms with Gasteiger partial charge in [0.15, 0.2) is 0 Å². The van der Waals surface area contributed by atoms with Crippen molar-refractivity contribution < 1.29 is 19.1 Å². The van der Waals surface area contributed by atoms with Gasteiger partial charge in [-0.25, -0.2) is 4.79 Å². The largest absolute Gasteiger partial charge is 0.547 e. The number of rotatable bonds is 7. The van der Waals surface area contributed by atoms with Crippen molar-refractivity contribution in [1.82, 2.24) is 0 Å². The molecule has 0 aromatic heterocycles. The molecule has 188 valence electrons. The Morgan fingerprint density at radius 3 is 2.28 bits per heavy atom. The molecule has 0 aliphatic heterocycles. The van der Waals surface area contributed by atoms with Crippen molar-refractivity contribution >= 4 is 20.6 Å². The summed E-state index contributed by atoms with van der Waals surface area (Å²) in [5.41, 5.74) is 7.29. The highest BCUT2D eigenvalue weighted by Crippen LogP contribution is 2.51. The quantitative estimate of drug-likeness (QED) is 0.357. The van der Waals surface area contributed by atoms with Crippen LogP contribution in [0.25, 0.3) is 5.57 Å². The van der Waals surface area contributed by atoms with E-state index < -0.39 is 15.0 Å². The van der Waals surface area contributed by atoms with E-state index in [0.29, 0.717) is 5.57 Å². The molecule has 5 heteroatoms. The normalized spacial score (nSPS) is 15.3. The summed E-state index contributed by atoms with van der Waals surface area (Å²) >= 11 is 0. The molecule has 1 unspecified atom stereocenters. The van der Waals surface area contributed by atoms with E-state index >= 15 is 0 Å². The molecule has 4 rings (SSSR count). The molecule has 0 amide bonds. The van der Waals surface area contributed by atoms with Gasteiger partial charge in [-0.15, -0.1) is 0 Å². The van der Waals surface area contributed by atoms with Gasteiger partial charge in [-0.05, 0) is 70.9 Å². The van der Waals surface area contributed by atoms with Crippen molar-refractivity contribution in [1.29, 1.82) is 0 Å². The van der Waals surface area contributed by atoms with E-state index in [9.17, 15) is 9.90 Å². The number of hydrogen-bond donors (Lipinski definition) is 1. The zero-order valence-corrected chi connectivity index (χ0v) is 23.5. The standard InChI is InChI=1S/C31H36O4Si/c1-8-19-10-9-11-24-26(19)28(23-17-14-21(31(2,3)4)18-25(23)35-36(6)7)29(30(32)33)27(24)20-12-15-22(34-5)16-13-20/h9-18,27,36H,8H2,1-7H3,(H,32,33). The van der Waals surface area contributed by atoms with Crippen LogP contribution >= 0.6 is 0 Å². The van der Waals surface area contributed by atoms with E-state index in [1.54, 1.807) is 7.11 Å². The molecule has 4 nitrogen and oxygen atoms in total. The van der Waals surface area contributed by atoms with E-state index in [-0.39, 0.29) is 11.3 Å². The van der Waals surface area contributed by atoms with Crippen LogP contribution in [-0.4, -0.2) is 27.2 Å². The van der Waals surface area contributed by atoms with Gasteiger partial charge in [0.1, 0.15) is 11.5 Å². The maximum Gasteiger partial charge on any atom is 0.333 e. The number of benzene rings is 3. The fourth-order valence-corrected chi connectivity index (χ4v) is 5.80. The van der Waals surface area contributed by atoms with Crippen molar-refractivity contribution in [2.24, 2.45) is 0 Å². The minimum atomic E-state index is -1.46. The second-order valence-electron chi connectivity index (χ2n) is 10.7. The lowest BCUT2D eigenvalue weighted by atomic mass is 9.84. The van der Waals surface area contributed by atoms with Gasteiger partial charge in [-0.1, -0.05) is 70.2 Å². The molecule has 3 aromatic rings. The molecule has 0 bridgehead atoms. The first-order chi connectivity index (χ1) is 17.1. The predicted molar refractivity (Wildman–Crippen MR) is 149 cm³/mol. The average Bonchev–Trinajstić information content (AvgIpc) is 3.18. The fourth-order valence-electron chi connectivity index (χ4n) is 5.09. The summed E-state index contributed by atoms with van der Waals surface area (Å²) in [6.07, 6.45) is 0.810. The molecule has 1 N–H and O–H groups in total. The minimum absolute atomic E-state index is 0.0486. The SMILES string of the molecule is CCc1cccc2c1C(c1ccc(C(C)(C)C)cc1O[SiH](C)C)=C(C(=O)O)C2c1ccc(OC)cc1. The van der Waals surface area contributed by atoms with Crippen LogP contribution in [0.3, 0.4) is 0 Å². The lowest BCUT2D eigenvalue weighted by Gasteiger charge is -2.24. The van der Waals surface area contributed by atoms with Crippen LogP contribution in [0.4, 0.5) is 0 Å². The molecule has 1 atom stereocenters. The summed E-state index contributed by atoms with van der Waals surface area (Å²) < 4.78 is 11.8. The van der Waals surface area contributed by atoms with E-state index in [1.165, 1.54) is 5.56 Å². The van der Waals surface area contributed by atoms with E-state index in [0.717, 1.165) is 51.3 Å². The lowest BCUT2D eigenvalue weighted by molar-refractivity contribution is -0.132. The number of hydrogen-bond acceptors (Lipinski definition) is 3. The van der Waals surface area contributed by atoms with Crippen LogP contribution in [0.15, 0.2) is 66.2 Å². The molecule has 3 aromatic carbocycles. The summed E-state index contributed by atoms with van der Waals surface area (Å²) in [6, 6.07) is 20.2. The van der Waals surface area contributed by atoms with Crippen LogP contribution in [0, 0.1) is 0 Å². The number of aryl methyl sites for hydroxylation is 1. The molecular weight excluding hydrogens is 464 g/mol. The van der Waals surface area contributed by atoms with Gasteiger partial charge in [-0.3, -0.25) is 0 Å². The van der Waals surface area contributed by atoms with Crippen LogP contribution in [0.2, 0.25) is 13.1 Å². The average molecular weight is 501 g/mol. The van der Waals surface area contributed by atoms with Gasteiger partial charge in [0.2, 0.25) is 9.04 Å². The number of carboxylic acids is 1. The summed E-state index contributed by atoms with van der Waals surface area (Å²) in [5, 5.41) is 10.7. The predicted octanol–water partition coefficient (Wildman–Crippen LogP) is 6.95. The molecule has 0 heterocycles.